The Morgan fingerprint density at radius 1 is 1.00 bits per heavy atom. The summed E-state index contributed by atoms with van der Waals surface area (Å²) in [5.41, 5.74) is 2.87. The van der Waals surface area contributed by atoms with Crippen LogP contribution in [0, 0.1) is 34.5 Å². The monoisotopic (exact) mass is 937 g/mol. The van der Waals surface area contributed by atoms with Crippen molar-refractivity contribution in [2.75, 3.05) is 31.6 Å². The first-order valence-corrected chi connectivity index (χ1v) is 23.2. The molecule has 5 N–H and O–H groups in total. The summed E-state index contributed by atoms with van der Waals surface area (Å²) in [6.45, 7) is 16.7. The molecule has 16 heteroatoms. The van der Waals surface area contributed by atoms with Gasteiger partial charge in [0.05, 0.1) is 22.4 Å². The highest BCUT2D eigenvalue weighted by Crippen LogP contribution is 2.55. The Kier molecular flexibility index (Phi) is 16.1. The van der Waals surface area contributed by atoms with Crippen LogP contribution < -0.4 is 26.0 Å². The number of halogens is 1. The predicted molar refractivity (Wildman–Crippen MR) is 255 cm³/mol. The Labute approximate surface area is 398 Å². The zero-order valence-corrected chi connectivity index (χ0v) is 40.5. The summed E-state index contributed by atoms with van der Waals surface area (Å²) in [6.07, 6.45) is 2.84. The molecule has 15 nitrogen and oxygen atoms in total. The van der Waals surface area contributed by atoms with Crippen LogP contribution in [-0.4, -0.2) is 95.3 Å². The molecule has 0 radical (unpaired) electrons. The van der Waals surface area contributed by atoms with E-state index in [-0.39, 0.29) is 60.9 Å². The summed E-state index contributed by atoms with van der Waals surface area (Å²) >= 11 is 6.24. The van der Waals surface area contributed by atoms with Gasteiger partial charge >= 0.3 is 0 Å². The second-order valence-electron chi connectivity index (χ2n) is 19.9. The molecule has 1 saturated carbocycles. The van der Waals surface area contributed by atoms with E-state index < -0.39 is 35.4 Å². The fourth-order valence-electron chi connectivity index (χ4n) is 9.44. The van der Waals surface area contributed by atoms with Crippen LogP contribution in [0.3, 0.4) is 0 Å². The molecule has 3 atom stereocenters. The van der Waals surface area contributed by atoms with Gasteiger partial charge in [0.1, 0.15) is 36.6 Å². The largest absolute Gasteiger partial charge is 0.489 e. The standard InChI is InChI=1S/C51H64ClN7O8/c1-31-42(66-30-56-31)33-14-12-32(13-15-33)27-55-45(63)40-24-37(60)28-59(40)46(64)43(49(2,3)4)57-41(61)29-65-23-11-9-10-22-54-36-19-16-34(17-20-36)44(62)58-47-50(5,6)48(51(47,7)8)67-38-21-18-35(26-53)39(52)25-38/h12-21,25,30,37,40,43,47-48,54,60H,9-11,22-24,27-29H2,1-8H3,(H,55,63)(H,57,61)(H,58,62)/t37-,40+,43?,47-,48-/m1/s1. The lowest BCUT2D eigenvalue weighted by atomic mass is 9.49. The van der Waals surface area contributed by atoms with Crippen molar-refractivity contribution < 1.29 is 38.2 Å². The van der Waals surface area contributed by atoms with Crippen molar-refractivity contribution in [3.63, 3.8) is 0 Å². The van der Waals surface area contributed by atoms with Gasteiger partial charge in [-0.1, -0.05) is 84.3 Å². The number of aliphatic hydroxyl groups is 1. The Hall–Kier alpha value is -5.95. The van der Waals surface area contributed by atoms with E-state index >= 15 is 0 Å². The van der Waals surface area contributed by atoms with Crippen LogP contribution in [0.5, 0.6) is 5.75 Å². The van der Waals surface area contributed by atoms with Crippen LogP contribution in [-0.2, 0) is 25.7 Å². The van der Waals surface area contributed by atoms with Gasteiger partial charge in [-0.15, -0.1) is 0 Å². The fraction of sp³-hybridized carbons (Fsp3) is 0.490. The number of hydrogen-bond acceptors (Lipinski definition) is 11. The van der Waals surface area contributed by atoms with Crippen molar-refractivity contribution in [3.8, 4) is 23.1 Å². The van der Waals surface area contributed by atoms with Crippen molar-refractivity contribution in [1.29, 1.82) is 5.26 Å². The van der Waals surface area contributed by atoms with Gasteiger partial charge in [0.25, 0.3) is 5.91 Å². The number of rotatable bonds is 19. The SMILES string of the molecule is Cc1ncoc1-c1ccc(CNC(=O)[C@@H]2C[C@@H](O)CN2C(=O)C(NC(=O)COCCCCCNc2ccc(C(=O)N[C@H]3C(C)(C)[C@H](Oc4ccc(C#N)c(Cl)c4)C3(C)C)cc2)C(C)(C)C)cc1. The number of benzene rings is 3. The van der Waals surface area contributed by atoms with E-state index in [0.29, 0.717) is 40.8 Å². The smallest absolute Gasteiger partial charge is 0.251 e. The molecule has 1 aliphatic heterocycles. The molecule has 3 aromatic carbocycles. The molecule has 0 bridgehead atoms. The summed E-state index contributed by atoms with van der Waals surface area (Å²) in [7, 11) is 0. The van der Waals surface area contributed by atoms with E-state index in [2.05, 4.69) is 60.0 Å². The highest BCUT2D eigenvalue weighted by atomic mass is 35.5. The van der Waals surface area contributed by atoms with E-state index in [1.54, 1.807) is 30.3 Å². The molecule has 1 aliphatic carbocycles. The van der Waals surface area contributed by atoms with Crippen LogP contribution in [0.4, 0.5) is 5.69 Å². The van der Waals surface area contributed by atoms with Crippen LogP contribution in [0.25, 0.3) is 11.3 Å². The number of nitrogens with one attached hydrogen (secondary N) is 4. The average Bonchev–Trinajstić information content (AvgIpc) is 3.91. The van der Waals surface area contributed by atoms with E-state index in [1.807, 2.05) is 64.1 Å². The minimum absolute atomic E-state index is 0.0195. The fourth-order valence-corrected chi connectivity index (χ4v) is 9.65. The summed E-state index contributed by atoms with van der Waals surface area (Å²) in [6, 6.07) is 20.0. The van der Waals surface area contributed by atoms with Crippen molar-refractivity contribution in [1.82, 2.24) is 25.8 Å². The maximum Gasteiger partial charge on any atom is 0.251 e. The van der Waals surface area contributed by atoms with Crippen LogP contribution in [0.15, 0.2) is 77.5 Å². The molecule has 4 amide bonds. The first-order valence-electron chi connectivity index (χ1n) is 22.8. The van der Waals surface area contributed by atoms with Gasteiger partial charge in [-0.05, 0) is 73.6 Å². The Bertz CT molecular complexity index is 2410. The van der Waals surface area contributed by atoms with Gasteiger partial charge in [0, 0.05) is 72.4 Å². The van der Waals surface area contributed by atoms with Crippen molar-refractivity contribution in [2.24, 2.45) is 16.2 Å². The van der Waals surface area contributed by atoms with E-state index in [0.717, 1.165) is 41.8 Å². The molecule has 4 aromatic rings. The summed E-state index contributed by atoms with van der Waals surface area (Å²) in [5, 5.41) is 32.5. The van der Waals surface area contributed by atoms with Crippen LogP contribution >= 0.6 is 11.6 Å². The lowest BCUT2D eigenvalue weighted by Gasteiger charge is -2.63. The number of β-amino-alcohol motifs (C(OH)–C–C–N with tert-alkyl or cyclic N) is 1. The first kappa shape index (κ1) is 50.5. The van der Waals surface area contributed by atoms with Gasteiger partial charge in [0.15, 0.2) is 12.2 Å². The van der Waals surface area contributed by atoms with Gasteiger partial charge in [-0.2, -0.15) is 5.26 Å². The molecule has 67 heavy (non-hydrogen) atoms. The van der Waals surface area contributed by atoms with Crippen LogP contribution in [0.1, 0.15) is 101 Å². The highest BCUT2D eigenvalue weighted by molar-refractivity contribution is 6.31. The topological polar surface area (TPSA) is 208 Å². The Morgan fingerprint density at radius 3 is 2.33 bits per heavy atom. The molecular formula is C51H64ClN7O8. The van der Waals surface area contributed by atoms with Crippen molar-refractivity contribution in [3.05, 3.63) is 101 Å². The number of aliphatic hydroxyl groups excluding tert-OH is 1. The number of carbonyl (C=O) groups is 4. The number of nitriles is 1. The molecule has 2 fully saturated rings. The van der Waals surface area contributed by atoms with Gasteiger partial charge < -0.3 is 45.2 Å². The second-order valence-corrected chi connectivity index (χ2v) is 20.3. The highest BCUT2D eigenvalue weighted by Gasteiger charge is 2.64. The minimum atomic E-state index is -0.955. The molecular weight excluding hydrogens is 874 g/mol. The summed E-state index contributed by atoms with van der Waals surface area (Å²) < 4.78 is 17.5. The number of aryl methyl sites for hydroxylation is 1. The number of carbonyl (C=O) groups excluding carboxylic acids is 4. The normalized spacial score (nSPS) is 19.9. The average molecular weight is 939 g/mol. The number of ether oxygens (including phenoxy) is 2. The summed E-state index contributed by atoms with van der Waals surface area (Å²) in [4.78, 5) is 59.3. The Morgan fingerprint density at radius 2 is 1.70 bits per heavy atom. The number of nitrogens with zero attached hydrogens (tertiary/aromatic N) is 3. The molecule has 358 valence electrons. The van der Waals surface area contributed by atoms with Gasteiger partial charge in [0.2, 0.25) is 17.7 Å². The number of aromatic nitrogens is 1. The Balaban J connectivity index is 0.878. The van der Waals surface area contributed by atoms with Crippen molar-refractivity contribution in [2.45, 2.75) is 118 Å². The lowest BCUT2D eigenvalue weighted by molar-refractivity contribution is -0.164. The number of likely N-dealkylation sites (tertiary alicyclic amines) is 1. The van der Waals surface area contributed by atoms with E-state index in [1.165, 1.54) is 11.3 Å². The maximum atomic E-state index is 14.0. The van der Waals surface area contributed by atoms with Crippen molar-refractivity contribution >= 4 is 40.9 Å². The zero-order chi connectivity index (χ0) is 48.7. The second kappa shape index (κ2) is 21.3. The van der Waals surface area contributed by atoms with Crippen LogP contribution in [0.2, 0.25) is 5.02 Å². The van der Waals surface area contributed by atoms with E-state index in [4.69, 9.17) is 25.5 Å². The third-order valence-corrected chi connectivity index (χ3v) is 13.1. The number of unbranched alkanes of at least 4 members (excludes halogenated alkanes) is 2. The van der Waals surface area contributed by atoms with Gasteiger partial charge in [-0.25, -0.2) is 4.98 Å². The maximum absolute atomic E-state index is 14.0. The number of anilines is 1. The number of oxazole rings is 1. The molecule has 2 aliphatic rings. The quantitative estimate of drug-likeness (QED) is 0.0595. The number of amides is 4. The third-order valence-electron chi connectivity index (χ3n) is 12.8. The van der Waals surface area contributed by atoms with E-state index in [9.17, 15) is 29.5 Å². The lowest BCUT2D eigenvalue weighted by Crippen LogP contribution is -2.74. The van der Waals surface area contributed by atoms with Gasteiger partial charge in [-0.3, -0.25) is 19.2 Å². The first-order chi connectivity index (χ1) is 31.7. The number of hydrogen-bond donors (Lipinski definition) is 5. The molecule has 1 unspecified atom stereocenters. The summed E-state index contributed by atoms with van der Waals surface area (Å²) in [5.74, 6) is -0.178. The molecule has 1 saturated heterocycles. The zero-order valence-electron chi connectivity index (χ0n) is 39.7. The predicted octanol–water partition coefficient (Wildman–Crippen LogP) is 7.20. The molecule has 1 aromatic heterocycles. The third kappa shape index (κ3) is 12.2. The molecule has 6 rings (SSSR count). The minimum Gasteiger partial charge on any atom is -0.489 e. The molecule has 2 heterocycles. The molecule has 0 spiro atoms.